The van der Waals surface area contributed by atoms with Crippen molar-refractivity contribution in [2.75, 3.05) is 26.2 Å². The first-order chi connectivity index (χ1) is 13.1. The number of carbonyl (C=O) groups excluding carboxylic acids is 2. The van der Waals surface area contributed by atoms with Crippen molar-refractivity contribution in [3.63, 3.8) is 0 Å². The van der Waals surface area contributed by atoms with Crippen molar-refractivity contribution >= 4 is 11.8 Å². The highest BCUT2D eigenvalue weighted by molar-refractivity contribution is 5.94. The number of imidazole rings is 1. The van der Waals surface area contributed by atoms with Crippen molar-refractivity contribution < 1.29 is 9.59 Å². The standard InChI is InChI=1S/C21H26N4O2/c1-17(26)24-11-2-7-21(15-24)8-12-23(13-9-21)20(27)18-3-5-19(6-4-18)25-14-10-22-16-25/h3-6,10,14,16H,2,7-9,11-13,15H2,1H3. The molecule has 2 aromatic rings. The maximum atomic E-state index is 12.9. The number of aromatic nitrogens is 2. The lowest BCUT2D eigenvalue weighted by molar-refractivity contribution is -0.133. The molecule has 1 spiro atoms. The molecule has 2 saturated heterocycles. The zero-order chi connectivity index (χ0) is 18.9. The number of rotatable bonds is 2. The maximum Gasteiger partial charge on any atom is 0.253 e. The minimum Gasteiger partial charge on any atom is -0.342 e. The van der Waals surface area contributed by atoms with Gasteiger partial charge in [0.2, 0.25) is 5.91 Å². The fraction of sp³-hybridized carbons (Fsp3) is 0.476. The second kappa shape index (κ2) is 7.18. The molecule has 0 saturated carbocycles. The van der Waals surface area contributed by atoms with E-state index in [4.69, 9.17) is 0 Å². The van der Waals surface area contributed by atoms with Crippen LogP contribution >= 0.6 is 0 Å². The third-order valence-corrected chi connectivity index (χ3v) is 6.13. The minimum atomic E-state index is 0.0984. The molecule has 3 heterocycles. The average Bonchev–Trinajstić information content (AvgIpc) is 3.23. The summed E-state index contributed by atoms with van der Waals surface area (Å²) in [7, 11) is 0. The van der Waals surface area contributed by atoms with Gasteiger partial charge in [0.1, 0.15) is 0 Å². The fourth-order valence-corrected chi connectivity index (χ4v) is 4.44. The van der Waals surface area contributed by atoms with Crippen LogP contribution in [0.5, 0.6) is 0 Å². The lowest BCUT2D eigenvalue weighted by Gasteiger charge is -2.47. The number of amides is 2. The summed E-state index contributed by atoms with van der Waals surface area (Å²) in [5.74, 6) is 0.270. The average molecular weight is 366 g/mol. The molecule has 6 heteroatoms. The summed E-state index contributed by atoms with van der Waals surface area (Å²) >= 11 is 0. The van der Waals surface area contributed by atoms with E-state index < -0.39 is 0 Å². The van der Waals surface area contributed by atoms with E-state index in [0.717, 1.165) is 56.7 Å². The van der Waals surface area contributed by atoms with Crippen LogP contribution in [0.4, 0.5) is 0 Å². The molecule has 0 radical (unpaired) electrons. The summed E-state index contributed by atoms with van der Waals surface area (Å²) in [4.78, 5) is 32.6. The van der Waals surface area contributed by atoms with Gasteiger partial charge in [0.15, 0.2) is 0 Å². The Balaban J connectivity index is 1.39. The number of benzene rings is 1. The van der Waals surface area contributed by atoms with E-state index in [1.165, 1.54) is 6.42 Å². The van der Waals surface area contributed by atoms with Crippen LogP contribution in [-0.4, -0.2) is 57.3 Å². The highest BCUT2D eigenvalue weighted by Crippen LogP contribution is 2.40. The molecule has 27 heavy (non-hydrogen) atoms. The Bertz CT molecular complexity index is 805. The molecule has 142 valence electrons. The summed E-state index contributed by atoms with van der Waals surface area (Å²) in [6.45, 7) is 4.93. The molecule has 2 amide bonds. The minimum absolute atomic E-state index is 0.0984. The molecule has 2 aliphatic heterocycles. The van der Waals surface area contributed by atoms with Gasteiger partial charge in [-0.1, -0.05) is 0 Å². The van der Waals surface area contributed by atoms with Gasteiger partial charge in [-0.15, -0.1) is 0 Å². The van der Waals surface area contributed by atoms with Gasteiger partial charge >= 0.3 is 0 Å². The Kier molecular flexibility index (Phi) is 4.72. The lowest BCUT2D eigenvalue weighted by Crippen LogP contribution is -2.51. The van der Waals surface area contributed by atoms with E-state index in [-0.39, 0.29) is 17.2 Å². The van der Waals surface area contributed by atoms with Gasteiger partial charge in [-0.25, -0.2) is 4.98 Å². The van der Waals surface area contributed by atoms with Crippen LogP contribution in [0, 0.1) is 5.41 Å². The molecule has 0 atom stereocenters. The van der Waals surface area contributed by atoms with Gasteiger partial charge < -0.3 is 14.4 Å². The van der Waals surface area contributed by atoms with Crippen LogP contribution in [-0.2, 0) is 4.79 Å². The Labute approximate surface area is 159 Å². The van der Waals surface area contributed by atoms with Crippen LogP contribution in [0.25, 0.3) is 5.69 Å². The van der Waals surface area contributed by atoms with E-state index in [2.05, 4.69) is 4.98 Å². The molecular weight excluding hydrogens is 340 g/mol. The highest BCUT2D eigenvalue weighted by Gasteiger charge is 2.40. The Morgan fingerprint density at radius 3 is 2.37 bits per heavy atom. The fourth-order valence-electron chi connectivity index (χ4n) is 4.44. The third kappa shape index (κ3) is 3.61. The monoisotopic (exact) mass is 366 g/mol. The molecule has 1 aromatic carbocycles. The quantitative estimate of drug-likeness (QED) is 0.821. The van der Waals surface area contributed by atoms with Crippen molar-refractivity contribution in [3.05, 3.63) is 48.5 Å². The Hall–Kier alpha value is -2.63. The van der Waals surface area contributed by atoms with Crippen LogP contribution < -0.4 is 0 Å². The van der Waals surface area contributed by atoms with E-state index in [9.17, 15) is 9.59 Å². The molecule has 1 aromatic heterocycles. The number of piperidine rings is 2. The van der Waals surface area contributed by atoms with Crippen LogP contribution in [0.2, 0.25) is 0 Å². The van der Waals surface area contributed by atoms with Crippen LogP contribution in [0.3, 0.4) is 0 Å². The SMILES string of the molecule is CC(=O)N1CCCC2(CCN(C(=O)c3ccc(-n4ccnc4)cc3)CC2)C1. The van der Waals surface area contributed by atoms with Crippen molar-refractivity contribution in [1.29, 1.82) is 0 Å². The second-order valence-corrected chi connectivity index (χ2v) is 7.85. The predicted octanol–water partition coefficient (Wildman–Crippen LogP) is 2.74. The van der Waals surface area contributed by atoms with E-state index in [1.807, 2.05) is 44.8 Å². The molecule has 0 N–H and O–H groups in total. The first-order valence-corrected chi connectivity index (χ1v) is 9.70. The third-order valence-electron chi connectivity index (χ3n) is 6.13. The molecule has 4 rings (SSSR count). The first kappa shape index (κ1) is 17.8. The number of carbonyl (C=O) groups is 2. The largest absolute Gasteiger partial charge is 0.342 e. The van der Waals surface area contributed by atoms with Gasteiger partial charge in [0.25, 0.3) is 5.91 Å². The van der Waals surface area contributed by atoms with Crippen molar-refractivity contribution in [3.8, 4) is 5.69 Å². The summed E-state index contributed by atoms with van der Waals surface area (Å²) in [6.07, 6.45) is 9.57. The van der Waals surface area contributed by atoms with Gasteiger partial charge in [0.05, 0.1) is 6.33 Å². The highest BCUT2D eigenvalue weighted by atomic mass is 16.2. The van der Waals surface area contributed by atoms with Crippen molar-refractivity contribution in [1.82, 2.24) is 19.4 Å². The Morgan fingerprint density at radius 2 is 1.74 bits per heavy atom. The number of nitrogens with zero attached hydrogens (tertiary/aromatic N) is 4. The van der Waals surface area contributed by atoms with Gasteiger partial charge in [-0.3, -0.25) is 9.59 Å². The summed E-state index contributed by atoms with van der Waals surface area (Å²) < 4.78 is 1.92. The van der Waals surface area contributed by atoms with Crippen LogP contribution in [0.1, 0.15) is 43.0 Å². The topological polar surface area (TPSA) is 58.4 Å². The maximum absolute atomic E-state index is 12.9. The van der Waals surface area contributed by atoms with Gasteiger partial charge in [-0.2, -0.15) is 0 Å². The molecule has 0 unspecified atom stereocenters. The van der Waals surface area contributed by atoms with E-state index >= 15 is 0 Å². The molecule has 2 aliphatic rings. The van der Waals surface area contributed by atoms with E-state index in [1.54, 1.807) is 19.4 Å². The smallest absolute Gasteiger partial charge is 0.253 e. The van der Waals surface area contributed by atoms with Crippen molar-refractivity contribution in [2.45, 2.75) is 32.6 Å². The molecular formula is C21H26N4O2. The second-order valence-electron chi connectivity index (χ2n) is 7.85. The lowest BCUT2D eigenvalue weighted by atomic mass is 9.72. The number of likely N-dealkylation sites (tertiary alicyclic amines) is 2. The van der Waals surface area contributed by atoms with E-state index in [0.29, 0.717) is 0 Å². The Morgan fingerprint density at radius 1 is 1.00 bits per heavy atom. The first-order valence-electron chi connectivity index (χ1n) is 9.70. The van der Waals surface area contributed by atoms with Crippen molar-refractivity contribution in [2.24, 2.45) is 5.41 Å². The molecule has 0 bridgehead atoms. The summed E-state index contributed by atoms with van der Waals surface area (Å²) in [5, 5.41) is 0. The van der Waals surface area contributed by atoms with Gasteiger partial charge in [0, 0.05) is 56.7 Å². The number of hydrogen-bond donors (Lipinski definition) is 0. The summed E-state index contributed by atoms with van der Waals surface area (Å²) in [5.41, 5.74) is 1.92. The van der Waals surface area contributed by atoms with Gasteiger partial charge in [-0.05, 0) is 55.4 Å². The molecule has 0 aliphatic carbocycles. The zero-order valence-electron chi connectivity index (χ0n) is 15.8. The molecule has 2 fully saturated rings. The predicted molar refractivity (Wildman–Crippen MR) is 103 cm³/mol. The normalized spacial score (nSPS) is 19.3. The molecule has 6 nitrogen and oxygen atoms in total. The number of hydrogen-bond acceptors (Lipinski definition) is 3. The summed E-state index contributed by atoms with van der Waals surface area (Å²) in [6, 6.07) is 7.68. The van der Waals surface area contributed by atoms with Crippen LogP contribution in [0.15, 0.2) is 43.0 Å². The zero-order valence-corrected chi connectivity index (χ0v) is 15.8.